The molecule has 3 aromatic carbocycles. The van der Waals surface area contributed by atoms with E-state index in [-0.39, 0.29) is 63.2 Å². The van der Waals surface area contributed by atoms with Crippen LogP contribution in [0, 0.1) is 5.92 Å². The lowest BCUT2D eigenvalue weighted by molar-refractivity contribution is -0.155. The van der Waals surface area contributed by atoms with E-state index in [2.05, 4.69) is 0 Å². The van der Waals surface area contributed by atoms with Gasteiger partial charge in [0.15, 0.2) is 26.4 Å². The third-order valence-corrected chi connectivity index (χ3v) is 14.0. The maximum Gasteiger partial charge on any atom is 0.304 e. The molecule has 0 saturated carbocycles. The molecule has 0 aliphatic carbocycles. The summed E-state index contributed by atoms with van der Waals surface area (Å²) in [6.07, 6.45) is -2.48. The van der Waals surface area contributed by atoms with Gasteiger partial charge in [0.05, 0.1) is 44.2 Å². The van der Waals surface area contributed by atoms with E-state index in [1.165, 1.54) is 23.6 Å². The minimum absolute atomic E-state index is 0.00426. The maximum absolute atomic E-state index is 15.2. The molecule has 2 unspecified atom stereocenters. The highest BCUT2D eigenvalue weighted by molar-refractivity contribution is 6.71. The zero-order chi connectivity index (χ0) is 41.7. The third-order valence-electron chi connectivity index (χ3n) is 11.5. The lowest BCUT2D eigenvalue weighted by Crippen LogP contribution is -2.55. The van der Waals surface area contributed by atoms with Crippen molar-refractivity contribution in [1.82, 2.24) is 4.90 Å². The highest BCUT2D eigenvalue weighted by Gasteiger charge is 2.66. The molecule has 3 aromatic rings. The molecule has 6 atom stereocenters. The number of aliphatic hydroxyl groups excluding tert-OH is 1. The van der Waals surface area contributed by atoms with Crippen molar-refractivity contribution in [3.63, 3.8) is 0 Å². The summed E-state index contributed by atoms with van der Waals surface area (Å²) < 4.78 is 17.6. The van der Waals surface area contributed by atoms with E-state index in [4.69, 9.17) is 14.2 Å². The largest absolute Gasteiger partial charge is 0.441 e. The predicted octanol–water partition coefficient (Wildman–Crippen LogP) is 3.69. The first-order valence-electron chi connectivity index (χ1n) is 19.4. The molecule has 2 N–H and O–H groups in total. The lowest BCUT2D eigenvalue weighted by atomic mass is 9.82. The smallest absolute Gasteiger partial charge is 0.304 e. The Labute approximate surface area is 337 Å². The Morgan fingerprint density at radius 1 is 0.862 bits per heavy atom. The van der Waals surface area contributed by atoms with Crippen LogP contribution >= 0.6 is 0 Å². The van der Waals surface area contributed by atoms with E-state index in [1.807, 2.05) is 37.3 Å². The van der Waals surface area contributed by atoms with Gasteiger partial charge in [-0.2, -0.15) is 0 Å². The summed E-state index contributed by atoms with van der Waals surface area (Å²) in [5, 5.41) is 9.90. The van der Waals surface area contributed by atoms with E-state index in [0.29, 0.717) is 28.2 Å². The van der Waals surface area contributed by atoms with Gasteiger partial charge in [0.2, 0.25) is 17.7 Å². The summed E-state index contributed by atoms with van der Waals surface area (Å²) in [5.74, 6) is -2.87. The molecule has 3 fully saturated rings. The van der Waals surface area contributed by atoms with E-state index in [9.17, 15) is 33.9 Å². The van der Waals surface area contributed by atoms with Gasteiger partial charge in [-0.05, 0) is 54.6 Å². The highest BCUT2D eigenvalue weighted by Crippen LogP contribution is 2.60. The van der Waals surface area contributed by atoms with E-state index < -0.39 is 61.8 Å². The summed E-state index contributed by atoms with van der Waals surface area (Å²) in [6, 6.07) is 21.5. The minimum atomic E-state index is -3.19. The Morgan fingerprint density at radius 3 is 2.00 bits per heavy atom. The first kappa shape index (κ1) is 40.8. The third kappa shape index (κ3) is 7.40. The summed E-state index contributed by atoms with van der Waals surface area (Å²) in [5.41, 5.74) is 1.19. The number of carbonyl (C=O) groups is 6. The number of aliphatic hydroxyl groups is 1. The van der Waals surface area contributed by atoms with Gasteiger partial charge >= 0.3 is 11.9 Å². The summed E-state index contributed by atoms with van der Waals surface area (Å²) in [6.45, 7) is 8.06. The molecule has 0 radical (unpaired) electrons. The average Bonchev–Trinajstić information content (AvgIpc) is 3.57. The van der Waals surface area contributed by atoms with Crippen LogP contribution in [0.15, 0.2) is 72.8 Å². The quantitative estimate of drug-likeness (QED) is 0.146. The first-order valence-corrected chi connectivity index (χ1v) is 22.4. The van der Waals surface area contributed by atoms with Crippen molar-refractivity contribution in [1.29, 1.82) is 0 Å². The van der Waals surface area contributed by atoms with Gasteiger partial charge < -0.3 is 33.9 Å². The van der Waals surface area contributed by atoms with Gasteiger partial charge in [0, 0.05) is 55.3 Å². The zero-order valence-corrected chi connectivity index (χ0v) is 34.1. The van der Waals surface area contributed by atoms with E-state index in [0.717, 1.165) is 5.56 Å². The fourth-order valence-corrected chi connectivity index (χ4v) is 11.6. The molecule has 16 heteroatoms. The summed E-state index contributed by atoms with van der Waals surface area (Å²) >= 11 is 0. The van der Waals surface area contributed by atoms with Gasteiger partial charge in [0.1, 0.15) is 0 Å². The average molecular weight is 813 g/mol. The van der Waals surface area contributed by atoms with Crippen LogP contribution in [-0.2, 0) is 61.7 Å². The number of rotatable bonds is 13. The molecule has 1 spiro atoms. The number of ether oxygens (including phenoxy) is 3. The number of fused-ring (bicyclic) bond motifs is 2. The number of carbonyl (C=O) groups excluding carboxylic acids is 6. The lowest BCUT2D eigenvalue weighted by Gasteiger charge is -2.39. The molecular formula is C42H48N4O11Si. The summed E-state index contributed by atoms with van der Waals surface area (Å²) in [7, 11) is -3.19. The molecule has 0 bridgehead atoms. The van der Waals surface area contributed by atoms with Gasteiger partial charge in [0.25, 0.3) is 5.91 Å². The molecule has 4 aliphatic heterocycles. The maximum atomic E-state index is 15.2. The first-order chi connectivity index (χ1) is 27.5. The number of amides is 4. The van der Waals surface area contributed by atoms with Crippen LogP contribution in [0.25, 0.3) is 0 Å². The van der Waals surface area contributed by atoms with Gasteiger partial charge in [-0.1, -0.05) is 49.4 Å². The topological polar surface area (TPSA) is 184 Å². The van der Waals surface area contributed by atoms with Crippen molar-refractivity contribution in [2.24, 2.45) is 5.92 Å². The normalized spacial score (nSPS) is 25.1. The number of hydrogen-bond donors (Lipinski definition) is 2. The molecule has 0 aromatic heterocycles. The van der Waals surface area contributed by atoms with Crippen molar-refractivity contribution in [2.75, 3.05) is 27.9 Å². The number of benzene rings is 3. The van der Waals surface area contributed by atoms with Crippen LogP contribution in [0.2, 0.25) is 18.6 Å². The van der Waals surface area contributed by atoms with Crippen LogP contribution in [-0.4, -0.2) is 90.4 Å². The Morgan fingerprint density at radius 2 is 1.45 bits per heavy atom. The van der Waals surface area contributed by atoms with Crippen LogP contribution in [0.1, 0.15) is 56.7 Å². The molecule has 4 heterocycles. The molecular weight excluding hydrogens is 765 g/mol. The second kappa shape index (κ2) is 15.7. The minimum Gasteiger partial charge on any atom is -0.441 e. The predicted molar refractivity (Wildman–Crippen MR) is 212 cm³/mol. The van der Waals surface area contributed by atoms with Gasteiger partial charge in [-0.3, -0.25) is 38.6 Å². The Balaban J connectivity index is 1.25. The number of β-lactam (4-membered cyclic amide) rings is 2. The SMILES string of the molecule is CC(=O)OC1CC(=O)N1c1ccc(CN2C(=O)[C@@]3(O[C@@H](CC(=O)N(CCO)Cc4ccccc4)[C@H]([Si](C)(C)O)[C@H]3C)c3cc(N4C(=O)CC4OC(C)=O)ccc32)cc1. The number of nitrogens with zero attached hydrogens (tertiary/aromatic N) is 4. The molecule has 7 rings (SSSR count). The van der Waals surface area contributed by atoms with Crippen LogP contribution in [0.4, 0.5) is 17.1 Å². The van der Waals surface area contributed by atoms with Crippen molar-refractivity contribution in [3.8, 4) is 0 Å². The Bertz CT molecular complexity index is 2130. The fourth-order valence-electron chi connectivity index (χ4n) is 9.00. The van der Waals surface area contributed by atoms with Crippen LogP contribution in [0.3, 0.4) is 0 Å². The second-order valence-electron chi connectivity index (χ2n) is 15.9. The number of anilines is 3. The standard InChI is InChI=1S/C42H48N4O11Si/c1-25-40(58(4,5)54)34(20-35(50)43(17-18-47)23-28-9-7-6-8-10-28)57-42(25)32-19-31(46-37(52)22-39(46)56-27(3)49)15-16-33(32)44(41(42)53)24-29-11-13-30(14-12-29)45-36(51)21-38(45)55-26(2)48/h6-16,19,25,34,38-40,47,54H,17-18,20-24H2,1-5H3/t25-,34+,38?,39?,40-,42+/m1/s1. The molecule has 3 saturated heterocycles. The van der Waals surface area contributed by atoms with Crippen LogP contribution < -0.4 is 14.7 Å². The van der Waals surface area contributed by atoms with Crippen LogP contribution in [0.5, 0.6) is 0 Å². The van der Waals surface area contributed by atoms with Crippen molar-refractivity contribution < 1.29 is 52.9 Å². The van der Waals surface area contributed by atoms with E-state index >= 15 is 4.79 Å². The van der Waals surface area contributed by atoms with E-state index in [1.54, 1.807) is 65.4 Å². The molecule has 4 aliphatic rings. The molecule has 4 amide bonds. The molecule has 58 heavy (non-hydrogen) atoms. The van der Waals surface area contributed by atoms with Crippen molar-refractivity contribution in [2.45, 2.75) is 95.9 Å². The highest BCUT2D eigenvalue weighted by atomic mass is 28.4. The van der Waals surface area contributed by atoms with Crippen molar-refractivity contribution in [3.05, 3.63) is 89.5 Å². The number of esters is 2. The monoisotopic (exact) mass is 812 g/mol. The fraction of sp³-hybridized carbons (Fsp3) is 0.429. The van der Waals surface area contributed by atoms with Gasteiger partial charge in [-0.15, -0.1) is 0 Å². The van der Waals surface area contributed by atoms with Gasteiger partial charge in [-0.25, -0.2) is 0 Å². The Kier molecular flexibility index (Phi) is 11.1. The zero-order valence-electron chi connectivity index (χ0n) is 33.1. The number of hydrogen-bond acceptors (Lipinski definition) is 11. The summed E-state index contributed by atoms with van der Waals surface area (Å²) in [4.78, 5) is 95.9. The molecule has 15 nitrogen and oxygen atoms in total. The molecule has 306 valence electrons. The van der Waals surface area contributed by atoms with Crippen molar-refractivity contribution >= 4 is 60.9 Å². The second-order valence-corrected chi connectivity index (χ2v) is 19.9. The Hall–Kier alpha value is -5.42.